The standard InChI is InChI=1S/C22H27N3O/c1-16(20-11-9-19(10-12-20)8-7-18-5-6-18)25-15-21(23-17(25)2)13-14-22(26)24(3)4/h9-12,15-16,18H,5-6,13-14H2,1-4H3/t16-/m1/s1. The van der Waals surface area contributed by atoms with Crippen LogP contribution in [0.1, 0.15) is 54.9 Å². The Morgan fingerprint density at radius 3 is 2.62 bits per heavy atom. The molecule has 0 spiro atoms. The Morgan fingerprint density at radius 1 is 1.31 bits per heavy atom. The van der Waals surface area contributed by atoms with E-state index in [0.29, 0.717) is 18.8 Å². The second-order valence-corrected chi connectivity index (χ2v) is 7.32. The fraction of sp³-hybridized carbons (Fsp3) is 0.455. The summed E-state index contributed by atoms with van der Waals surface area (Å²) in [6.07, 6.45) is 5.75. The van der Waals surface area contributed by atoms with Gasteiger partial charge in [0.05, 0.1) is 11.7 Å². The number of imidazole rings is 1. The molecule has 0 unspecified atom stereocenters. The Kier molecular flexibility index (Phi) is 5.46. The first-order chi connectivity index (χ1) is 12.4. The largest absolute Gasteiger partial charge is 0.349 e. The Balaban J connectivity index is 1.68. The third kappa shape index (κ3) is 4.54. The van der Waals surface area contributed by atoms with Gasteiger partial charge in [-0.1, -0.05) is 24.0 Å². The van der Waals surface area contributed by atoms with Gasteiger partial charge < -0.3 is 9.47 Å². The molecule has 0 saturated heterocycles. The Bertz CT molecular complexity index is 833. The molecular formula is C22H27N3O. The van der Waals surface area contributed by atoms with Gasteiger partial charge in [-0.05, 0) is 50.8 Å². The molecule has 0 aliphatic heterocycles. The van der Waals surface area contributed by atoms with Crippen LogP contribution in [0.2, 0.25) is 0 Å². The predicted molar refractivity (Wildman–Crippen MR) is 104 cm³/mol. The topological polar surface area (TPSA) is 38.1 Å². The van der Waals surface area contributed by atoms with Crippen molar-refractivity contribution in [3.05, 3.63) is 53.1 Å². The van der Waals surface area contributed by atoms with Crippen LogP contribution in [0.4, 0.5) is 0 Å². The maximum absolute atomic E-state index is 11.8. The first-order valence-electron chi connectivity index (χ1n) is 9.30. The zero-order valence-electron chi connectivity index (χ0n) is 16.1. The smallest absolute Gasteiger partial charge is 0.222 e. The highest BCUT2D eigenvalue weighted by molar-refractivity contribution is 5.75. The molecule has 1 aliphatic carbocycles. The van der Waals surface area contributed by atoms with Crippen LogP contribution >= 0.6 is 0 Å². The SMILES string of the molecule is Cc1nc(CCC(=O)N(C)C)cn1[C@H](C)c1ccc(C#CC2CC2)cc1. The van der Waals surface area contributed by atoms with Crippen molar-refractivity contribution in [3.8, 4) is 11.8 Å². The summed E-state index contributed by atoms with van der Waals surface area (Å²) in [6.45, 7) is 4.19. The molecule has 1 saturated carbocycles. The second kappa shape index (κ2) is 7.78. The van der Waals surface area contributed by atoms with E-state index in [9.17, 15) is 4.79 Å². The van der Waals surface area contributed by atoms with Crippen molar-refractivity contribution in [1.29, 1.82) is 0 Å². The molecule has 4 nitrogen and oxygen atoms in total. The molecule has 1 heterocycles. The number of aryl methyl sites for hydroxylation is 2. The quantitative estimate of drug-likeness (QED) is 0.774. The van der Waals surface area contributed by atoms with Crippen molar-refractivity contribution in [2.45, 2.75) is 45.6 Å². The van der Waals surface area contributed by atoms with Crippen molar-refractivity contribution in [3.63, 3.8) is 0 Å². The predicted octanol–water partition coefficient (Wildman–Crippen LogP) is 3.58. The lowest BCUT2D eigenvalue weighted by Gasteiger charge is -2.15. The number of aromatic nitrogens is 2. The maximum atomic E-state index is 11.8. The normalized spacial score (nSPS) is 14.5. The van der Waals surface area contributed by atoms with Gasteiger partial charge in [0.2, 0.25) is 5.91 Å². The summed E-state index contributed by atoms with van der Waals surface area (Å²) in [6, 6.07) is 8.70. The van der Waals surface area contributed by atoms with Gasteiger partial charge in [0.25, 0.3) is 0 Å². The highest BCUT2D eigenvalue weighted by Crippen LogP contribution is 2.27. The summed E-state index contributed by atoms with van der Waals surface area (Å²) in [7, 11) is 3.57. The summed E-state index contributed by atoms with van der Waals surface area (Å²) in [5, 5.41) is 0. The molecule has 3 rings (SSSR count). The van der Waals surface area contributed by atoms with E-state index < -0.39 is 0 Å². The maximum Gasteiger partial charge on any atom is 0.222 e. The molecule has 136 valence electrons. The highest BCUT2D eigenvalue weighted by atomic mass is 16.2. The molecule has 4 heteroatoms. The van der Waals surface area contributed by atoms with Gasteiger partial charge in [-0.15, -0.1) is 0 Å². The average molecular weight is 349 g/mol. The van der Waals surface area contributed by atoms with E-state index in [0.717, 1.165) is 17.1 Å². The third-order valence-electron chi connectivity index (χ3n) is 4.87. The van der Waals surface area contributed by atoms with E-state index in [2.05, 4.69) is 58.8 Å². The van der Waals surface area contributed by atoms with Crippen molar-refractivity contribution in [1.82, 2.24) is 14.5 Å². The summed E-state index contributed by atoms with van der Waals surface area (Å²) >= 11 is 0. The number of hydrogen-bond donors (Lipinski definition) is 0. The van der Waals surface area contributed by atoms with Crippen molar-refractivity contribution in [2.75, 3.05) is 14.1 Å². The molecule has 1 aromatic carbocycles. The number of hydrogen-bond acceptors (Lipinski definition) is 2. The zero-order valence-corrected chi connectivity index (χ0v) is 16.1. The number of nitrogens with zero attached hydrogens (tertiary/aromatic N) is 3. The van der Waals surface area contributed by atoms with E-state index in [1.165, 1.54) is 18.4 Å². The Labute approximate surface area is 156 Å². The second-order valence-electron chi connectivity index (χ2n) is 7.32. The molecule has 2 aromatic rings. The van der Waals surface area contributed by atoms with Crippen LogP contribution in [0.3, 0.4) is 0 Å². The molecule has 1 atom stereocenters. The summed E-state index contributed by atoms with van der Waals surface area (Å²) in [5.41, 5.74) is 3.29. The Morgan fingerprint density at radius 2 is 2.00 bits per heavy atom. The number of benzene rings is 1. The molecule has 0 radical (unpaired) electrons. The number of carbonyl (C=O) groups is 1. The van der Waals surface area contributed by atoms with Gasteiger partial charge >= 0.3 is 0 Å². The van der Waals surface area contributed by atoms with Crippen LogP contribution in [0.15, 0.2) is 30.5 Å². The summed E-state index contributed by atoms with van der Waals surface area (Å²) in [5.74, 6) is 8.29. The first-order valence-corrected chi connectivity index (χ1v) is 9.30. The lowest BCUT2D eigenvalue weighted by Crippen LogP contribution is -2.21. The van der Waals surface area contributed by atoms with Crippen LogP contribution in [0, 0.1) is 24.7 Å². The zero-order chi connectivity index (χ0) is 18.7. The van der Waals surface area contributed by atoms with Crippen LogP contribution in [0.25, 0.3) is 0 Å². The third-order valence-corrected chi connectivity index (χ3v) is 4.87. The minimum Gasteiger partial charge on any atom is -0.349 e. The summed E-state index contributed by atoms with van der Waals surface area (Å²) < 4.78 is 2.18. The van der Waals surface area contributed by atoms with Gasteiger partial charge in [-0.2, -0.15) is 0 Å². The lowest BCUT2D eigenvalue weighted by atomic mass is 10.1. The number of amides is 1. The molecule has 26 heavy (non-hydrogen) atoms. The van der Waals surface area contributed by atoms with E-state index in [1.807, 2.05) is 6.92 Å². The van der Waals surface area contributed by atoms with E-state index >= 15 is 0 Å². The minimum absolute atomic E-state index is 0.133. The molecule has 1 aromatic heterocycles. The molecular weight excluding hydrogens is 322 g/mol. The van der Waals surface area contributed by atoms with E-state index in [1.54, 1.807) is 19.0 Å². The van der Waals surface area contributed by atoms with Gasteiger partial charge in [-0.3, -0.25) is 4.79 Å². The van der Waals surface area contributed by atoms with Crippen LogP contribution in [-0.4, -0.2) is 34.5 Å². The first kappa shape index (κ1) is 18.3. The van der Waals surface area contributed by atoms with Crippen molar-refractivity contribution < 1.29 is 4.79 Å². The Hall–Kier alpha value is -2.54. The molecule has 1 amide bonds. The average Bonchev–Trinajstić information content (AvgIpc) is 3.39. The van der Waals surface area contributed by atoms with Gasteiger partial charge in [0.1, 0.15) is 5.82 Å². The number of carbonyl (C=O) groups excluding carboxylic acids is 1. The van der Waals surface area contributed by atoms with Crippen LogP contribution in [-0.2, 0) is 11.2 Å². The minimum atomic E-state index is 0.133. The molecule has 0 bridgehead atoms. The fourth-order valence-corrected chi connectivity index (χ4v) is 2.94. The van der Waals surface area contributed by atoms with Gasteiger partial charge in [0.15, 0.2) is 0 Å². The molecule has 1 fully saturated rings. The van der Waals surface area contributed by atoms with Gasteiger partial charge in [-0.25, -0.2) is 4.98 Å². The van der Waals surface area contributed by atoms with E-state index in [4.69, 9.17) is 0 Å². The van der Waals surface area contributed by atoms with Crippen LogP contribution in [0.5, 0.6) is 0 Å². The fourth-order valence-electron chi connectivity index (χ4n) is 2.94. The molecule has 0 N–H and O–H groups in total. The van der Waals surface area contributed by atoms with E-state index in [-0.39, 0.29) is 11.9 Å². The van der Waals surface area contributed by atoms with Crippen molar-refractivity contribution >= 4 is 5.91 Å². The molecule has 1 aliphatic rings. The van der Waals surface area contributed by atoms with Gasteiger partial charge in [0, 0.05) is 38.2 Å². The number of rotatable bonds is 5. The monoisotopic (exact) mass is 349 g/mol. The lowest BCUT2D eigenvalue weighted by molar-refractivity contribution is -0.128. The van der Waals surface area contributed by atoms with Crippen molar-refractivity contribution in [2.24, 2.45) is 5.92 Å². The highest BCUT2D eigenvalue weighted by Gasteiger charge is 2.18. The van der Waals surface area contributed by atoms with Crippen LogP contribution < -0.4 is 0 Å². The summed E-state index contributed by atoms with van der Waals surface area (Å²) in [4.78, 5) is 18.0.